The maximum absolute atomic E-state index is 11.7. The molecule has 7 nitrogen and oxygen atoms in total. The lowest BCUT2D eigenvalue weighted by atomic mass is 10.2. The molecule has 5 aromatic rings. The fraction of sp³-hybridized carbons (Fsp3) is 0.100. The first-order chi connectivity index (χ1) is 18.7. The summed E-state index contributed by atoms with van der Waals surface area (Å²) in [5.74, 6) is 0.976. The van der Waals surface area contributed by atoms with Crippen molar-refractivity contribution in [1.29, 1.82) is 0 Å². The van der Waals surface area contributed by atoms with Crippen LogP contribution in [0.1, 0.15) is 21.5 Å². The van der Waals surface area contributed by atoms with E-state index in [0.29, 0.717) is 40.4 Å². The summed E-state index contributed by atoms with van der Waals surface area (Å²) >= 11 is 1.41. The zero-order chi connectivity index (χ0) is 26.2. The highest BCUT2D eigenvalue weighted by atomic mass is 32.1. The van der Waals surface area contributed by atoms with Crippen molar-refractivity contribution in [2.45, 2.75) is 13.2 Å². The predicted octanol–water partition coefficient (Wildman–Crippen LogP) is 6.89. The second-order valence-corrected chi connectivity index (χ2v) is 9.33. The SMILES string of the molecule is COC(=O)c1ccc(Nc2nnc(-c3cc(OCc4ccccc4)cc(OCc4ccccc4)c3)s2)cc1. The summed E-state index contributed by atoms with van der Waals surface area (Å²) in [5, 5.41) is 13.2. The number of hydrogen-bond acceptors (Lipinski definition) is 8. The predicted molar refractivity (Wildman–Crippen MR) is 148 cm³/mol. The van der Waals surface area contributed by atoms with Crippen LogP contribution in [0.2, 0.25) is 0 Å². The van der Waals surface area contributed by atoms with Crippen LogP contribution in [0.15, 0.2) is 103 Å². The molecule has 0 aliphatic heterocycles. The average Bonchev–Trinajstić information content (AvgIpc) is 3.44. The maximum atomic E-state index is 11.7. The molecule has 38 heavy (non-hydrogen) atoms. The van der Waals surface area contributed by atoms with Crippen LogP contribution in [0.4, 0.5) is 10.8 Å². The first-order valence-corrected chi connectivity index (χ1v) is 12.8. The van der Waals surface area contributed by atoms with Crippen LogP contribution in [-0.4, -0.2) is 23.3 Å². The molecule has 0 aliphatic carbocycles. The summed E-state index contributed by atoms with van der Waals surface area (Å²) in [6, 6.07) is 32.8. The van der Waals surface area contributed by atoms with Crippen LogP contribution in [0, 0.1) is 0 Å². The molecule has 1 N–H and O–H groups in total. The monoisotopic (exact) mass is 523 g/mol. The second kappa shape index (κ2) is 12.0. The van der Waals surface area contributed by atoms with Gasteiger partial charge in [0, 0.05) is 17.3 Å². The largest absolute Gasteiger partial charge is 0.489 e. The highest BCUT2D eigenvalue weighted by molar-refractivity contribution is 7.18. The molecule has 8 heteroatoms. The van der Waals surface area contributed by atoms with Gasteiger partial charge in [0.15, 0.2) is 0 Å². The summed E-state index contributed by atoms with van der Waals surface area (Å²) in [5.41, 5.74) is 4.25. The fourth-order valence-corrected chi connectivity index (χ4v) is 4.42. The van der Waals surface area contributed by atoms with Gasteiger partial charge in [-0.25, -0.2) is 4.79 Å². The van der Waals surface area contributed by atoms with E-state index in [1.54, 1.807) is 24.3 Å². The Bertz CT molecular complexity index is 1430. The van der Waals surface area contributed by atoms with E-state index in [2.05, 4.69) is 15.5 Å². The van der Waals surface area contributed by atoms with Gasteiger partial charge in [0.25, 0.3) is 0 Å². The molecule has 0 amide bonds. The highest BCUT2D eigenvalue weighted by Gasteiger charge is 2.12. The number of nitrogens with one attached hydrogen (secondary N) is 1. The third-order valence-electron chi connectivity index (χ3n) is 5.61. The van der Waals surface area contributed by atoms with Gasteiger partial charge in [0.1, 0.15) is 29.7 Å². The van der Waals surface area contributed by atoms with Crippen LogP contribution < -0.4 is 14.8 Å². The molecule has 4 aromatic carbocycles. The van der Waals surface area contributed by atoms with Crippen molar-refractivity contribution in [2.24, 2.45) is 0 Å². The van der Waals surface area contributed by atoms with Gasteiger partial charge in [0.05, 0.1) is 12.7 Å². The van der Waals surface area contributed by atoms with E-state index in [9.17, 15) is 4.79 Å². The van der Waals surface area contributed by atoms with Crippen LogP contribution in [0.5, 0.6) is 11.5 Å². The Hall–Kier alpha value is -4.69. The van der Waals surface area contributed by atoms with Crippen molar-refractivity contribution in [3.05, 3.63) is 120 Å². The molecule has 190 valence electrons. The Labute approximate surface area is 224 Å². The van der Waals surface area contributed by atoms with Crippen molar-refractivity contribution in [1.82, 2.24) is 10.2 Å². The molecule has 0 spiro atoms. The van der Waals surface area contributed by atoms with Gasteiger partial charge in [-0.2, -0.15) is 0 Å². The van der Waals surface area contributed by atoms with Gasteiger partial charge in [-0.1, -0.05) is 72.0 Å². The second-order valence-electron chi connectivity index (χ2n) is 8.35. The highest BCUT2D eigenvalue weighted by Crippen LogP contribution is 2.34. The summed E-state index contributed by atoms with van der Waals surface area (Å²) in [7, 11) is 1.36. The number of methoxy groups -OCH3 is 1. The topological polar surface area (TPSA) is 82.6 Å². The first-order valence-electron chi connectivity index (χ1n) is 11.9. The number of rotatable bonds is 10. The number of anilines is 2. The van der Waals surface area contributed by atoms with Crippen LogP contribution in [0.25, 0.3) is 10.6 Å². The molecule has 0 fully saturated rings. The van der Waals surface area contributed by atoms with Crippen molar-refractivity contribution in [3.8, 4) is 22.1 Å². The van der Waals surface area contributed by atoms with E-state index in [4.69, 9.17) is 14.2 Å². The lowest BCUT2D eigenvalue weighted by molar-refractivity contribution is 0.0600. The summed E-state index contributed by atoms with van der Waals surface area (Å²) < 4.78 is 17.0. The van der Waals surface area contributed by atoms with E-state index in [-0.39, 0.29) is 5.97 Å². The molecule has 0 bridgehead atoms. The fourth-order valence-electron chi connectivity index (χ4n) is 3.67. The van der Waals surface area contributed by atoms with Gasteiger partial charge in [-0.05, 0) is 47.5 Å². The third kappa shape index (κ3) is 6.54. The van der Waals surface area contributed by atoms with Crippen LogP contribution in [0.3, 0.4) is 0 Å². The Morgan fingerprint density at radius 3 is 1.89 bits per heavy atom. The number of benzene rings is 4. The minimum atomic E-state index is -0.380. The first kappa shape index (κ1) is 25.0. The number of hydrogen-bond donors (Lipinski definition) is 1. The number of aromatic nitrogens is 2. The van der Waals surface area contributed by atoms with E-state index in [1.165, 1.54) is 18.4 Å². The average molecular weight is 524 g/mol. The standard InChI is InChI=1S/C30H25N3O4S/c1-35-29(34)23-12-14-25(15-13-23)31-30-33-32-28(38-30)24-16-26(36-19-21-8-4-2-5-9-21)18-27(17-24)37-20-22-10-6-3-7-11-22/h2-18H,19-20H2,1H3,(H,31,33). The normalized spacial score (nSPS) is 10.6. The minimum absolute atomic E-state index is 0.380. The van der Waals surface area contributed by atoms with E-state index in [0.717, 1.165) is 22.4 Å². The number of nitrogens with zero attached hydrogens (tertiary/aromatic N) is 2. The molecule has 0 saturated heterocycles. The summed E-state index contributed by atoms with van der Waals surface area (Å²) in [6.45, 7) is 0.875. The van der Waals surface area contributed by atoms with Gasteiger partial charge >= 0.3 is 5.97 Å². The van der Waals surface area contributed by atoms with Gasteiger partial charge < -0.3 is 19.5 Å². The van der Waals surface area contributed by atoms with E-state index >= 15 is 0 Å². The van der Waals surface area contributed by atoms with Crippen LogP contribution >= 0.6 is 11.3 Å². The Morgan fingerprint density at radius 1 is 0.763 bits per heavy atom. The molecule has 0 radical (unpaired) electrons. The number of ether oxygens (including phenoxy) is 3. The molecular formula is C30H25N3O4S. The van der Waals surface area contributed by atoms with Crippen molar-refractivity contribution in [3.63, 3.8) is 0 Å². The molecule has 1 aromatic heterocycles. The number of carbonyl (C=O) groups is 1. The molecule has 0 atom stereocenters. The van der Waals surface area contributed by atoms with Crippen LogP contribution in [-0.2, 0) is 18.0 Å². The maximum Gasteiger partial charge on any atom is 0.337 e. The molecule has 1 heterocycles. The Balaban J connectivity index is 1.35. The van der Waals surface area contributed by atoms with E-state index in [1.807, 2.05) is 78.9 Å². The molecular weight excluding hydrogens is 498 g/mol. The lowest BCUT2D eigenvalue weighted by Gasteiger charge is -2.12. The smallest absolute Gasteiger partial charge is 0.337 e. The number of esters is 1. The number of carbonyl (C=O) groups excluding carboxylic acids is 1. The molecule has 0 unspecified atom stereocenters. The molecule has 5 rings (SSSR count). The van der Waals surface area contributed by atoms with Crippen molar-refractivity contribution < 1.29 is 19.0 Å². The van der Waals surface area contributed by atoms with Crippen molar-refractivity contribution >= 4 is 28.1 Å². The quantitative estimate of drug-likeness (QED) is 0.200. The molecule has 0 saturated carbocycles. The third-order valence-corrected chi connectivity index (χ3v) is 6.49. The zero-order valence-corrected chi connectivity index (χ0v) is 21.5. The van der Waals surface area contributed by atoms with Crippen molar-refractivity contribution in [2.75, 3.05) is 12.4 Å². The minimum Gasteiger partial charge on any atom is -0.489 e. The van der Waals surface area contributed by atoms with Gasteiger partial charge in [-0.15, -0.1) is 10.2 Å². The van der Waals surface area contributed by atoms with Gasteiger partial charge in [-0.3, -0.25) is 0 Å². The summed E-state index contributed by atoms with van der Waals surface area (Å²) in [4.78, 5) is 11.7. The zero-order valence-electron chi connectivity index (χ0n) is 20.7. The Kier molecular flexibility index (Phi) is 7.91. The molecule has 0 aliphatic rings. The van der Waals surface area contributed by atoms with Gasteiger partial charge in [0.2, 0.25) is 5.13 Å². The lowest BCUT2D eigenvalue weighted by Crippen LogP contribution is -2.00. The Morgan fingerprint density at radius 2 is 1.34 bits per heavy atom. The van der Waals surface area contributed by atoms with E-state index < -0.39 is 0 Å². The summed E-state index contributed by atoms with van der Waals surface area (Å²) in [6.07, 6.45) is 0.